The molecule has 0 spiro atoms. The lowest BCUT2D eigenvalue weighted by Gasteiger charge is -2.41. The van der Waals surface area contributed by atoms with Gasteiger partial charge in [-0.2, -0.15) is 0 Å². The number of nitrogens with zero attached hydrogens (tertiary/aromatic N) is 2. The first-order valence-electron chi connectivity index (χ1n) is 12.7. The molecule has 0 bridgehead atoms. The Morgan fingerprint density at radius 1 is 0.944 bits per heavy atom. The summed E-state index contributed by atoms with van der Waals surface area (Å²) in [6.45, 7) is 4.72. The minimum atomic E-state index is -0.356. The number of rotatable bonds is 9. The van der Waals surface area contributed by atoms with Crippen LogP contribution in [0.3, 0.4) is 0 Å². The highest BCUT2D eigenvalue weighted by Crippen LogP contribution is 2.27. The fourth-order valence-corrected chi connectivity index (χ4v) is 4.90. The molecule has 6 heteroatoms. The predicted molar refractivity (Wildman–Crippen MR) is 141 cm³/mol. The van der Waals surface area contributed by atoms with Crippen molar-refractivity contribution in [2.45, 2.75) is 38.8 Å². The lowest BCUT2D eigenvalue weighted by atomic mass is 9.91. The van der Waals surface area contributed by atoms with Gasteiger partial charge in [0, 0.05) is 49.9 Å². The van der Waals surface area contributed by atoms with Gasteiger partial charge in [-0.25, -0.2) is 4.39 Å². The molecule has 3 aromatic carbocycles. The molecule has 1 aliphatic rings. The quantitative estimate of drug-likeness (QED) is 0.447. The Labute approximate surface area is 212 Å². The number of anilines is 1. The van der Waals surface area contributed by atoms with Crippen molar-refractivity contribution >= 4 is 17.5 Å². The van der Waals surface area contributed by atoms with Crippen molar-refractivity contribution in [3.05, 3.63) is 102 Å². The first kappa shape index (κ1) is 25.6. The molecule has 1 N–H and O–H groups in total. The molecule has 0 radical (unpaired) electrons. The van der Waals surface area contributed by atoms with E-state index < -0.39 is 0 Å². The van der Waals surface area contributed by atoms with E-state index >= 15 is 0 Å². The minimum absolute atomic E-state index is 0.129. The van der Waals surface area contributed by atoms with Gasteiger partial charge in [-0.1, -0.05) is 55.5 Å². The van der Waals surface area contributed by atoms with E-state index in [2.05, 4.69) is 22.3 Å². The van der Waals surface area contributed by atoms with Crippen LogP contribution in [0.4, 0.5) is 10.1 Å². The Bertz CT molecular complexity index is 1120. The summed E-state index contributed by atoms with van der Waals surface area (Å²) in [5, 5.41) is 3.05. The SMILES string of the molecule is CCC(=O)N(C[C@@H]1CC[C@H](CNC(=O)c2ccc(F)cc2)N(Cc2ccccc2)C1)c1ccccc1. The number of carbonyl (C=O) groups excluding carboxylic acids is 2. The maximum Gasteiger partial charge on any atom is 0.251 e. The van der Waals surface area contributed by atoms with Gasteiger partial charge >= 0.3 is 0 Å². The van der Waals surface area contributed by atoms with Crippen molar-refractivity contribution in [2.24, 2.45) is 5.92 Å². The van der Waals surface area contributed by atoms with Crippen molar-refractivity contribution in [3.8, 4) is 0 Å². The molecule has 4 rings (SSSR count). The number of halogens is 1. The molecule has 0 saturated carbocycles. The zero-order valence-corrected chi connectivity index (χ0v) is 20.8. The number of benzene rings is 3. The number of likely N-dealkylation sites (tertiary alicyclic amines) is 1. The summed E-state index contributed by atoms with van der Waals surface area (Å²) in [4.78, 5) is 29.8. The van der Waals surface area contributed by atoms with E-state index in [9.17, 15) is 14.0 Å². The van der Waals surface area contributed by atoms with Crippen molar-refractivity contribution in [3.63, 3.8) is 0 Å². The number of hydrogen-bond acceptors (Lipinski definition) is 3. The molecule has 1 fully saturated rings. The van der Waals surface area contributed by atoms with Crippen LogP contribution in [0, 0.1) is 11.7 Å². The molecule has 1 aliphatic heterocycles. The zero-order chi connectivity index (χ0) is 25.3. The predicted octanol–water partition coefficient (Wildman–Crippen LogP) is 5.28. The van der Waals surface area contributed by atoms with Crippen molar-refractivity contribution in [2.75, 3.05) is 24.5 Å². The molecule has 5 nitrogen and oxygen atoms in total. The van der Waals surface area contributed by atoms with E-state index in [0.717, 1.165) is 31.6 Å². The van der Waals surface area contributed by atoms with Crippen molar-refractivity contribution in [1.29, 1.82) is 0 Å². The van der Waals surface area contributed by atoms with Gasteiger partial charge in [0.05, 0.1) is 0 Å². The van der Waals surface area contributed by atoms with E-state index in [1.54, 1.807) is 0 Å². The van der Waals surface area contributed by atoms with Crippen molar-refractivity contribution < 1.29 is 14.0 Å². The molecular formula is C30H34FN3O2. The molecule has 1 saturated heterocycles. The van der Waals surface area contributed by atoms with E-state index in [1.807, 2.05) is 60.4 Å². The molecule has 0 aliphatic carbocycles. The summed E-state index contributed by atoms with van der Waals surface area (Å²) in [6.07, 6.45) is 2.36. The Hall–Kier alpha value is -3.51. The minimum Gasteiger partial charge on any atom is -0.350 e. The first-order valence-corrected chi connectivity index (χ1v) is 12.7. The summed E-state index contributed by atoms with van der Waals surface area (Å²) in [5.74, 6) is -0.0939. The van der Waals surface area contributed by atoms with E-state index in [0.29, 0.717) is 31.0 Å². The van der Waals surface area contributed by atoms with Crippen LogP contribution in [0.1, 0.15) is 42.1 Å². The van der Waals surface area contributed by atoms with Gasteiger partial charge in [-0.3, -0.25) is 14.5 Å². The third kappa shape index (κ3) is 6.79. The van der Waals surface area contributed by atoms with Gasteiger partial charge in [0.25, 0.3) is 5.91 Å². The summed E-state index contributed by atoms with van der Waals surface area (Å²) < 4.78 is 13.2. The maximum absolute atomic E-state index is 13.2. The number of para-hydroxylation sites is 1. The highest BCUT2D eigenvalue weighted by molar-refractivity contribution is 5.94. The summed E-state index contributed by atoms with van der Waals surface area (Å²) in [7, 11) is 0. The fraction of sp³-hybridized carbons (Fsp3) is 0.333. The number of nitrogens with one attached hydrogen (secondary N) is 1. The molecule has 0 aromatic heterocycles. The smallest absolute Gasteiger partial charge is 0.251 e. The Morgan fingerprint density at radius 3 is 2.28 bits per heavy atom. The molecule has 0 unspecified atom stereocenters. The summed E-state index contributed by atoms with van der Waals surface area (Å²) >= 11 is 0. The van der Waals surface area contributed by atoms with Crippen LogP contribution in [0.5, 0.6) is 0 Å². The van der Waals surface area contributed by atoms with Crippen molar-refractivity contribution in [1.82, 2.24) is 10.2 Å². The molecular weight excluding hydrogens is 453 g/mol. The molecule has 36 heavy (non-hydrogen) atoms. The standard InChI is InChI=1S/C30H34FN3O2/c1-2-29(35)34(27-11-7-4-8-12-27)22-24-13-18-28(33(21-24)20-23-9-5-3-6-10-23)19-32-30(36)25-14-16-26(31)17-15-25/h3-12,14-17,24,28H,2,13,18-22H2,1H3,(H,32,36)/t24-,28-/m1/s1. The Morgan fingerprint density at radius 2 is 1.61 bits per heavy atom. The van der Waals surface area contributed by atoms with E-state index in [4.69, 9.17) is 0 Å². The molecule has 188 valence electrons. The third-order valence-electron chi connectivity index (χ3n) is 6.86. The maximum atomic E-state index is 13.2. The average molecular weight is 488 g/mol. The third-order valence-corrected chi connectivity index (χ3v) is 6.86. The normalized spacial score (nSPS) is 17.9. The van der Waals surface area contributed by atoms with Crippen LogP contribution in [-0.2, 0) is 11.3 Å². The van der Waals surface area contributed by atoms with Gasteiger partial charge in [0.2, 0.25) is 5.91 Å². The monoisotopic (exact) mass is 487 g/mol. The summed E-state index contributed by atoms with van der Waals surface area (Å²) in [5.41, 5.74) is 2.61. The van der Waals surface area contributed by atoms with E-state index in [-0.39, 0.29) is 23.7 Å². The van der Waals surface area contributed by atoms with Gasteiger partial charge < -0.3 is 10.2 Å². The molecule has 1 heterocycles. The van der Waals surface area contributed by atoms with Gasteiger partial charge in [-0.05, 0) is 60.7 Å². The molecule has 2 amide bonds. The number of amides is 2. The van der Waals surface area contributed by atoms with Crippen LogP contribution in [-0.4, -0.2) is 42.4 Å². The summed E-state index contributed by atoms with van der Waals surface area (Å²) in [6, 6.07) is 26.0. The largest absolute Gasteiger partial charge is 0.350 e. The lowest BCUT2D eigenvalue weighted by molar-refractivity contribution is -0.118. The zero-order valence-electron chi connectivity index (χ0n) is 20.8. The number of carbonyl (C=O) groups is 2. The van der Waals surface area contributed by atoms with Gasteiger partial charge in [0.1, 0.15) is 5.82 Å². The van der Waals surface area contributed by atoms with Gasteiger partial charge in [-0.15, -0.1) is 0 Å². The second-order valence-electron chi connectivity index (χ2n) is 9.42. The topological polar surface area (TPSA) is 52.7 Å². The highest BCUT2D eigenvalue weighted by Gasteiger charge is 2.31. The lowest BCUT2D eigenvalue weighted by Crippen LogP contribution is -2.51. The van der Waals surface area contributed by atoms with Crippen LogP contribution >= 0.6 is 0 Å². The molecule has 3 aromatic rings. The second-order valence-corrected chi connectivity index (χ2v) is 9.42. The highest BCUT2D eigenvalue weighted by atomic mass is 19.1. The number of piperidine rings is 1. The van der Waals surface area contributed by atoms with Crippen LogP contribution in [0.15, 0.2) is 84.9 Å². The number of hydrogen-bond donors (Lipinski definition) is 1. The second kappa shape index (κ2) is 12.5. The van der Waals surface area contributed by atoms with Gasteiger partial charge in [0.15, 0.2) is 0 Å². The van der Waals surface area contributed by atoms with Crippen LogP contribution < -0.4 is 10.2 Å². The van der Waals surface area contributed by atoms with Crippen LogP contribution in [0.2, 0.25) is 0 Å². The Balaban J connectivity index is 1.45. The Kier molecular flexibility index (Phi) is 8.85. The molecule has 2 atom stereocenters. The van der Waals surface area contributed by atoms with Crippen LogP contribution in [0.25, 0.3) is 0 Å². The van der Waals surface area contributed by atoms with E-state index in [1.165, 1.54) is 29.8 Å². The average Bonchev–Trinajstić information content (AvgIpc) is 2.92. The fourth-order valence-electron chi connectivity index (χ4n) is 4.90. The first-order chi connectivity index (χ1) is 17.5.